The zero-order chi connectivity index (χ0) is 23.3. The summed E-state index contributed by atoms with van der Waals surface area (Å²) < 4.78 is 8.07. The lowest BCUT2D eigenvalue weighted by atomic mass is 9.82. The van der Waals surface area contributed by atoms with Crippen LogP contribution in [0.25, 0.3) is 5.69 Å². The van der Waals surface area contributed by atoms with E-state index in [1.54, 1.807) is 0 Å². The first kappa shape index (κ1) is 20.7. The number of hydrogen-bond donors (Lipinski definition) is 0. The largest absolute Gasteiger partial charge is 0.493 e. The predicted molar refractivity (Wildman–Crippen MR) is 132 cm³/mol. The van der Waals surface area contributed by atoms with Crippen molar-refractivity contribution in [1.82, 2.24) is 14.6 Å². The Labute approximate surface area is 199 Å². The van der Waals surface area contributed by atoms with Gasteiger partial charge in [0, 0.05) is 42.1 Å². The van der Waals surface area contributed by atoms with Crippen molar-refractivity contribution >= 4 is 12.1 Å². The summed E-state index contributed by atoms with van der Waals surface area (Å²) in [6, 6.07) is 12.9. The molecule has 0 fully saturated rings. The average Bonchev–Trinajstić information content (AvgIpc) is 3.26. The Morgan fingerprint density at radius 2 is 2.00 bits per heavy atom. The number of amidine groups is 1. The van der Waals surface area contributed by atoms with Gasteiger partial charge in [-0.1, -0.05) is 29.4 Å². The Hall–Kier alpha value is -3.87. The molecule has 0 saturated carbocycles. The van der Waals surface area contributed by atoms with Gasteiger partial charge in [0.1, 0.15) is 17.9 Å². The third-order valence-corrected chi connectivity index (χ3v) is 6.86. The van der Waals surface area contributed by atoms with Gasteiger partial charge in [-0.05, 0) is 55.7 Å². The second kappa shape index (κ2) is 7.87. The fraction of sp³-hybridized carbons (Fsp3) is 0.296. The lowest BCUT2D eigenvalue weighted by Gasteiger charge is -2.47. The molecular weight excluding hydrogens is 426 g/mol. The smallest absolute Gasteiger partial charge is 0.192 e. The Morgan fingerprint density at radius 3 is 2.82 bits per heavy atom. The summed E-state index contributed by atoms with van der Waals surface area (Å²) in [6.45, 7) is 7.27. The van der Waals surface area contributed by atoms with Gasteiger partial charge >= 0.3 is 0 Å². The lowest BCUT2D eigenvalue weighted by Crippen LogP contribution is -2.55. The number of benzene rings is 2. The second-order valence-electron chi connectivity index (χ2n) is 9.31. The zero-order valence-electron chi connectivity index (χ0n) is 19.7. The first-order valence-electron chi connectivity index (χ1n) is 11.6. The van der Waals surface area contributed by atoms with Crippen molar-refractivity contribution in [3.05, 3.63) is 88.5 Å². The first-order chi connectivity index (χ1) is 16.5. The Kier molecular flexibility index (Phi) is 4.79. The summed E-state index contributed by atoms with van der Waals surface area (Å²) >= 11 is 0. The molecule has 2 aromatic carbocycles. The van der Waals surface area contributed by atoms with Crippen LogP contribution in [-0.4, -0.2) is 39.8 Å². The second-order valence-corrected chi connectivity index (χ2v) is 9.31. The highest BCUT2D eigenvalue weighted by Gasteiger charge is 2.49. The molecule has 34 heavy (non-hydrogen) atoms. The minimum Gasteiger partial charge on any atom is -0.493 e. The van der Waals surface area contributed by atoms with Crippen molar-refractivity contribution in [3.8, 4) is 11.4 Å². The van der Waals surface area contributed by atoms with Crippen molar-refractivity contribution in [1.29, 1.82) is 0 Å². The van der Waals surface area contributed by atoms with Crippen molar-refractivity contribution in [2.45, 2.75) is 39.2 Å². The van der Waals surface area contributed by atoms with Crippen LogP contribution in [0.2, 0.25) is 0 Å². The Bertz CT molecular complexity index is 1370. The molecule has 1 atom stereocenters. The molecule has 1 aromatic heterocycles. The molecular formula is C27H27N5O2. The molecule has 0 amide bonds. The summed E-state index contributed by atoms with van der Waals surface area (Å²) in [7, 11) is 0. The highest BCUT2D eigenvalue weighted by molar-refractivity contribution is 6.04. The van der Waals surface area contributed by atoms with E-state index in [2.05, 4.69) is 70.0 Å². The van der Waals surface area contributed by atoms with Crippen LogP contribution in [-0.2, 0) is 16.8 Å². The topological polar surface area (TPSA) is 64.2 Å². The monoisotopic (exact) mass is 453 g/mol. The van der Waals surface area contributed by atoms with Gasteiger partial charge in [0.2, 0.25) is 0 Å². The number of oxime groups is 1. The fourth-order valence-electron chi connectivity index (χ4n) is 5.12. The number of aromatic nitrogens is 2. The predicted octanol–water partition coefficient (Wildman–Crippen LogP) is 4.59. The van der Waals surface area contributed by atoms with E-state index in [0.717, 1.165) is 46.9 Å². The van der Waals surface area contributed by atoms with Crippen LogP contribution < -0.4 is 4.74 Å². The number of hydrazone groups is 1. The normalized spacial score (nSPS) is 20.7. The molecule has 7 heteroatoms. The van der Waals surface area contributed by atoms with Crippen molar-refractivity contribution in [2.75, 3.05) is 13.2 Å². The highest BCUT2D eigenvalue weighted by atomic mass is 16.6. The quantitative estimate of drug-likeness (QED) is 0.582. The molecule has 1 spiro atoms. The molecule has 0 bridgehead atoms. The van der Waals surface area contributed by atoms with Crippen molar-refractivity contribution in [3.63, 3.8) is 0 Å². The third kappa shape index (κ3) is 3.31. The molecule has 172 valence electrons. The molecule has 7 nitrogen and oxygen atoms in total. The van der Waals surface area contributed by atoms with Gasteiger partial charge < -0.3 is 14.1 Å². The van der Waals surface area contributed by atoms with E-state index in [-0.39, 0.29) is 0 Å². The number of fused-ring (bicyclic) bond motifs is 4. The number of nitrogens with zero attached hydrogens (tertiary/aromatic N) is 5. The van der Waals surface area contributed by atoms with Gasteiger partial charge in [-0.3, -0.25) is 0 Å². The standard InChI is InChI=1S/C27H27N5O2/c1-18-4-6-23-25(12-18)33-11-9-27(23)16-34-30-26-22(8-10-29-32(26)27)14-21-5-7-24(19(2)13-21)31-15-20(3)28-17-31/h4-8,10,12-13,15,17H,9,11,14,16H2,1-3H3. The molecule has 0 aliphatic carbocycles. The number of rotatable bonds is 3. The molecule has 0 saturated heterocycles. The molecule has 0 radical (unpaired) electrons. The van der Waals surface area contributed by atoms with Crippen molar-refractivity contribution in [2.24, 2.45) is 10.3 Å². The SMILES string of the molecule is Cc1ccc2c(c1)OCCC21CON=C2C(Cc3ccc(-n4cnc(C)c4)c(C)c3)=CC=NN21. The Morgan fingerprint density at radius 1 is 1.09 bits per heavy atom. The zero-order valence-corrected chi connectivity index (χ0v) is 19.7. The molecule has 6 rings (SSSR count). The number of ether oxygens (including phenoxy) is 1. The Balaban J connectivity index is 1.31. The maximum absolute atomic E-state index is 6.00. The van der Waals surface area contributed by atoms with E-state index in [4.69, 9.17) is 14.7 Å². The molecule has 4 heterocycles. The summed E-state index contributed by atoms with van der Waals surface area (Å²) in [5.74, 6) is 1.68. The van der Waals surface area contributed by atoms with Gasteiger partial charge in [0.05, 0.1) is 18.6 Å². The third-order valence-electron chi connectivity index (χ3n) is 6.86. The van der Waals surface area contributed by atoms with Crippen LogP contribution in [0.3, 0.4) is 0 Å². The molecule has 0 N–H and O–H groups in total. The molecule has 1 unspecified atom stereocenters. The summed E-state index contributed by atoms with van der Waals surface area (Å²) in [6.07, 6.45) is 9.33. The highest BCUT2D eigenvalue weighted by Crippen LogP contribution is 2.45. The van der Waals surface area contributed by atoms with Crippen LogP contribution in [0.15, 0.2) is 70.8 Å². The van der Waals surface area contributed by atoms with Crippen LogP contribution in [0.1, 0.15) is 34.4 Å². The number of allylic oxidation sites excluding steroid dienone is 1. The maximum atomic E-state index is 6.00. The number of imidazole rings is 1. The van der Waals surface area contributed by atoms with E-state index < -0.39 is 5.54 Å². The van der Waals surface area contributed by atoms with Crippen LogP contribution in [0.5, 0.6) is 5.75 Å². The first-order valence-corrected chi connectivity index (χ1v) is 11.6. The number of hydrogen-bond acceptors (Lipinski definition) is 6. The maximum Gasteiger partial charge on any atom is 0.192 e. The van der Waals surface area contributed by atoms with Gasteiger partial charge in [-0.25, -0.2) is 9.99 Å². The van der Waals surface area contributed by atoms with Crippen LogP contribution in [0, 0.1) is 20.8 Å². The van der Waals surface area contributed by atoms with Gasteiger partial charge in [-0.15, -0.1) is 0 Å². The minimum absolute atomic E-state index is 0.423. The van der Waals surface area contributed by atoms with E-state index in [0.29, 0.717) is 13.2 Å². The summed E-state index contributed by atoms with van der Waals surface area (Å²) in [4.78, 5) is 10.2. The molecule has 3 aromatic rings. The summed E-state index contributed by atoms with van der Waals surface area (Å²) in [5.41, 5.74) is 7.49. The average molecular weight is 454 g/mol. The van der Waals surface area contributed by atoms with E-state index in [1.165, 1.54) is 16.7 Å². The summed E-state index contributed by atoms with van der Waals surface area (Å²) in [5, 5.41) is 11.3. The van der Waals surface area contributed by atoms with E-state index in [9.17, 15) is 0 Å². The van der Waals surface area contributed by atoms with E-state index in [1.807, 2.05) is 31.7 Å². The fourth-order valence-corrected chi connectivity index (χ4v) is 5.12. The van der Waals surface area contributed by atoms with Gasteiger partial charge in [0.25, 0.3) is 0 Å². The lowest BCUT2D eigenvalue weighted by molar-refractivity contribution is -0.0254. The van der Waals surface area contributed by atoms with Crippen LogP contribution >= 0.6 is 0 Å². The van der Waals surface area contributed by atoms with E-state index >= 15 is 0 Å². The minimum atomic E-state index is -0.423. The van der Waals surface area contributed by atoms with Crippen molar-refractivity contribution < 1.29 is 9.57 Å². The van der Waals surface area contributed by atoms with Crippen LogP contribution in [0.4, 0.5) is 0 Å². The molecule has 3 aliphatic heterocycles. The van der Waals surface area contributed by atoms with Gasteiger partial charge in [0.15, 0.2) is 5.84 Å². The van der Waals surface area contributed by atoms with Gasteiger partial charge in [-0.2, -0.15) is 5.10 Å². The molecule has 3 aliphatic rings. The number of aryl methyl sites for hydroxylation is 3.